The van der Waals surface area contributed by atoms with Gasteiger partial charge < -0.3 is 4.57 Å². The van der Waals surface area contributed by atoms with Gasteiger partial charge >= 0.3 is 0 Å². The van der Waals surface area contributed by atoms with Gasteiger partial charge in [-0.15, -0.1) is 10.2 Å². The van der Waals surface area contributed by atoms with Gasteiger partial charge in [-0.3, -0.25) is 15.1 Å². The molecular weight excluding hydrogens is 481 g/mol. The number of nitrogens with zero attached hydrogens (tertiary/aromatic N) is 5. The maximum Gasteiger partial charge on any atom is 0.270 e. The number of hydrogen-bond acceptors (Lipinski definition) is 6. The minimum Gasteiger partial charge on any atom is -0.302 e. The molecule has 0 aliphatic carbocycles. The topological polar surface area (TPSA) is 86.2 Å². The van der Waals surface area contributed by atoms with Gasteiger partial charge in [-0.05, 0) is 55.1 Å². The van der Waals surface area contributed by atoms with Crippen LogP contribution in [0.5, 0.6) is 0 Å². The molecule has 0 aliphatic heterocycles. The minimum absolute atomic E-state index is 0.0246. The van der Waals surface area contributed by atoms with Gasteiger partial charge in [-0.1, -0.05) is 41.4 Å². The highest BCUT2D eigenvalue weighted by atomic mass is 35.5. The van der Waals surface area contributed by atoms with E-state index in [-0.39, 0.29) is 5.69 Å². The molecule has 0 saturated heterocycles. The molecule has 0 fully saturated rings. The number of hydrogen-bond donors (Lipinski definition) is 0. The van der Waals surface area contributed by atoms with E-state index in [1.807, 2.05) is 29.7 Å². The first-order valence-electron chi connectivity index (χ1n) is 9.89. The van der Waals surface area contributed by atoms with E-state index in [0.717, 1.165) is 10.5 Å². The molecule has 0 bridgehead atoms. The Kier molecular flexibility index (Phi) is 7.08. The highest BCUT2D eigenvalue weighted by Crippen LogP contribution is 2.33. The zero-order valence-corrected chi connectivity index (χ0v) is 19.7. The molecule has 166 valence electrons. The molecule has 0 radical (unpaired) electrons. The van der Waals surface area contributed by atoms with Crippen LogP contribution in [0.25, 0.3) is 11.4 Å². The van der Waals surface area contributed by atoms with Crippen molar-refractivity contribution in [1.29, 1.82) is 0 Å². The third-order valence-corrected chi connectivity index (χ3v) is 6.23. The first-order valence-corrected chi connectivity index (χ1v) is 11.5. The molecule has 0 saturated carbocycles. The van der Waals surface area contributed by atoms with Crippen LogP contribution in [0.4, 0.5) is 11.4 Å². The number of aromatic nitrogens is 3. The minimum atomic E-state index is -0.434. The van der Waals surface area contributed by atoms with E-state index in [9.17, 15) is 10.1 Å². The summed E-state index contributed by atoms with van der Waals surface area (Å²) in [6.07, 6.45) is 1.59. The van der Waals surface area contributed by atoms with Crippen LogP contribution in [-0.4, -0.2) is 25.9 Å². The van der Waals surface area contributed by atoms with Crippen LogP contribution in [-0.2, 0) is 6.54 Å². The summed E-state index contributed by atoms with van der Waals surface area (Å²) in [5, 5.41) is 21.9. The molecule has 1 heterocycles. The van der Waals surface area contributed by atoms with Crippen molar-refractivity contribution in [2.75, 3.05) is 0 Å². The fraction of sp³-hybridized carbons (Fsp3) is 0.0870. The van der Waals surface area contributed by atoms with Crippen LogP contribution in [0.3, 0.4) is 0 Å². The molecule has 0 N–H and O–H groups in total. The van der Waals surface area contributed by atoms with Crippen molar-refractivity contribution in [2.45, 2.75) is 23.5 Å². The van der Waals surface area contributed by atoms with Crippen molar-refractivity contribution in [1.82, 2.24) is 14.8 Å². The maximum atomic E-state index is 11.3. The van der Waals surface area contributed by atoms with Gasteiger partial charge in [0, 0.05) is 51.0 Å². The van der Waals surface area contributed by atoms with Crippen molar-refractivity contribution >= 4 is 52.6 Å². The average Bonchev–Trinajstić information content (AvgIpc) is 3.21. The Bertz CT molecular complexity index is 1360. The van der Waals surface area contributed by atoms with Crippen LogP contribution in [0.2, 0.25) is 10.0 Å². The van der Waals surface area contributed by atoms with E-state index in [1.165, 1.54) is 23.9 Å². The number of rotatable bonds is 7. The fourth-order valence-electron chi connectivity index (χ4n) is 3.13. The smallest absolute Gasteiger partial charge is 0.270 e. The lowest BCUT2D eigenvalue weighted by Crippen LogP contribution is -2.00. The summed E-state index contributed by atoms with van der Waals surface area (Å²) >= 11 is 13.5. The molecule has 0 aliphatic rings. The second kappa shape index (κ2) is 10.2. The van der Waals surface area contributed by atoms with E-state index in [4.69, 9.17) is 23.2 Å². The lowest BCUT2D eigenvalue weighted by Gasteiger charge is -2.09. The number of halogens is 2. The maximum absolute atomic E-state index is 11.3. The molecule has 10 heteroatoms. The molecule has 0 amide bonds. The highest BCUT2D eigenvalue weighted by Gasteiger charge is 2.17. The molecule has 4 aromatic rings. The second-order valence-electron chi connectivity index (χ2n) is 6.88. The second-order valence-corrected chi connectivity index (χ2v) is 8.76. The Morgan fingerprint density at radius 1 is 1.06 bits per heavy atom. The molecular formula is C23H17Cl2N5O2S. The first-order chi connectivity index (χ1) is 15.9. The number of nitro groups is 1. The van der Waals surface area contributed by atoms with E-state index < -0.39 is 4.92 Å². The van der Waals surface area contributed by atoms with Crippen molar-refractivity contribution in [3.63, 3.8) is 0 Å². The monoisotopic (exact) mass is 497 g/mol. The zero-order chi connectivity index (χ0) is 23.4. The standard InChI is InChI=1S/C23H17Cl2N5O2S/c1-2-29-22(15-5-3-6-17(24)11-15)27-28-23(29)33-21-10-9-20(30(31)32)12-16(21)14-26-19-8-4-7-18(25)13-19/h3-14H,2H2,1H3. The molecule has 0 spiro atoms. The third-order valence-electron chi connectivity index (χ3n) is 4.68. The van der Waals surface area contributed by atoms with E-state index in [0.29, 0.717) is 38.8 Å². The normalized spacial score (nSPS) is 11.2. The summed E-state index contributed by atoms with van der Waals surface area (Å²) in [7, 11) is 0. The molecule has 3 aromatic carbocycles. The van der Waals surface area contributed by atoms with Crippen molar-refractivity contribution < 1.29 is 4.92 Å². The number of non-ortho nitro benzene ring substituents is 1. The van der Waals surface area contributed by atoms with E-state index >= 15 is 0 Å². The van der Waals surface area contributed by atoms with Crippen molar-refractivity contribution in [3.05, 3.63) is 92.5 Å². The number of nitro benzene ring substituents is 1. The summed E-state index contributed by atoms with van der Waals surface area (Å²) in [6, 6.07) is 19.1. The SMILES string of the molecule is CCn1c(Sc2ccc([N+](=O)[O-])cc2C=Nc2cccc(Cl)c2)nnc1-c1cccc(Cl)c1. The van der Waals surface area contributed by atoms with Gasteiger partial charge in [0.05, 0.1) is 10.6 Å². The van der Waals surface area contributed by atoms with Gasteiger partial charge in [0.2, 0.25) is 0 Å². The summed E-state index contributed by atoms with van der Waals surface area (Å²) in [6.45, 7) is 2.63. The summed E-state index contributed by atoms with van der Waals surface area (Å²) in [5.41, 5.74) is 2.06. The Labute approximate surface area is 204 Å². The molecule has 7 nitrogen and oxygen atoms in total. The molecule has 4 rings (SSSR count). The fourth-order valence-corrected chi connectivity index (χ4v) is 4.48. The van der Waals surface area contributed by atoms with Crippen molar-refractivity contribution in [2.24, 2.45) is 4.99 Å². The lowest BCUT2D eigenvalue weighted by atomic mass is 10.2. The predicted molar refractivity (Wildman–Crippen MR) is 132 cm³/mol. The summed E-state index contributed by atoms with van der Waals surface area (Å²) in [4.78, 5) is 16.1. The Morgan fingerprint density at radius 3 is 2.52 bits per heavy atom. The Balaban J connectivity index is 1.71. The lowest BCUT2D eigenvalue weighted by molar-refractivity contribution is -0.384. The third kappa shape index (κ3) is 5.42. The quantitative estimate of drug-likeness (QED) is 0.154. The van der Waals surface area contributed by atoms with Crippen LogP contribution in [0.15, 0.2) is 81.8 Å². The van der Waals surface area contributed by atoms with Crippen LogP contribution in [0, 0.1) is 10.1 Å². The Hall–Kier alpha value is -3.20. The van der Waals surface area contributed by atoms with Gasteiger partial charge in [0.1, 0.15) is 0 Å². The number of benzene rings is 3. The molecule has 0 unspecified atom stereocenters. The van der Waals surface area contributed by atoms with Gasteiger partial charge in [0.25, 0.3) is 5.69 Å². The van der Waals surface area contributed by atoms with Crippen LogP contribution >= 0.6 is 35.0 Å². The van der Waals surface area contributed by atoms with Gasteiger partial charge in [0.15, 0.2) is 11.0 Å². The first kappa shape index (κ1) is 23.0. The average molecular weight is 498 g/mol. The highest BCUT2D eigenvalue weighted by molar-refractivity contribution is 7.99. The molecule has 1 aromatic heterocycles. The van der Waals surface area contributed by atoms with Crippen LogP contribution < -0.4 is 0 Å². The zero-order valence-electron chi connectivity index (χ0n) is 17.4. The van der Waals surface area contributed by atoms with E-state index in [1.54, 1.807) is 42.6 Å². The molecule has 33 heavy (non-hydrogen) atoms. The largest absolute Gasteiger partial charge is 0.302 e. The molecule has 0 atom stereocenters. The van der Waals surface area contributed by atoms with Crippen LogP contribution in [0.1, 0.15) is 12.5 Å². The summed E-state index contributed by atoms with van der Waals surface area (Å²) < 4.78 is 1.97. The van der Waals surface area contributed by atoms with Gasteiger partial charge in [-0.2, -0.15) is 0 Å². The number of aliphatic imine (C=N–C) groups is 1. The van der Waals surface area contributed by atoms with Gasteiger partial charge in [-0.25, -0.2) is 0 Å². The predicted octanol–water partition coefficient (Wildman–Crippen LogP) is 7.08. The Morgan fingerprint density at radius 2 is 1.82 bits per heavy atom. The van der Waals surface area contributed by atoms with E-state index in [2.05, 4.69) is 15.2 Å². The van der Waals surface area contributed by atoms with Crippen molar-refractivity contribution in [3.8, 4) is 11.4 Å². The summed E-state index contributed by atoms with van der Waals surface area (Å²) in [5.74, 6) is 0.693.